The monoisotopic (exact) mass is 372 g/mol. The van der Waals surface area contributed by atoms with E-state index in [1.165, 1.54) is 0 Å². The van der Waals surface area contributed by atoms with Gasteiger partial charge in [-0.15, -0.1) is 0 Å². The Morgan fingerprint density at radius 2 is 1.73 bits per heavy atom. The lowest BCUT2D eigenvalue weighted by Gasteiger charge is -2.32. The molecular formula is C19H21ClN4O2. The van der Waals surface area contributed by atoms with Crippen molar-refractivity contribution >= 4 is 23.4 Å². The van der Waals surface area contributed by atoms with Gasteiger partial charge >= 0.3 is 0 Å². The number of benzene rings is 1. The van der Waals surface area contributed by atoms with Crippen molar-refractivity contribution in [3.63, 3.8) is 0 Å². The van der Waals surface area contributed by atoms with Gasteiger partial charge in [0.2, 0.25) is 0 Å². The molecule has 26 heavy (non-hydrogen) atoms. The maximum atomic E-state index is 12.6. The van der Waals surface area contributed by atoms with Crippen molar-refractivity contribution < 1.29 is 9.59 Å². The molecule has 136 valence electrons. The summed E-state index contributed by atoms with van der Waals surface area (Å²) in [6, 6.07) is 12.2. The predicted molar refractivity (Wildman–Crippen MR) is 100 cm³/mol. The summed E-state index contributed by atoms with van der Waals surface area (Å²) in [7, 11) is 2.03. The molecule has 1 aromatic carbocycles. The maximum Gasteiger partial charge on any atom is 0.272 e. The minimum Gasteiger partial charge on any atom is -0.347 e. The van der Waals surface area contributed by atoms with Crippen LogP contribution in [0, 0.1) is 0 Å². The Labute approximate surface area is 157 Å². The SMILES string of the molecule is CN1CCN(C(=O)c2cccc(C(=O)NCc3ccccc3Cl)n2)CC1. The molecule has 1 aliphatic rings. The van der Waals surface area contributed by atoms with Crippen LogP contribution in [-0.4, -0.2) is 59.8 Å². The van der Waals surface area contributed by atoms with E-state index in [0.29, 0.717) is 30.4 Å². The van der Waals surface area contributed by atoms with Crippen molar-refractivity contribution in [3.05, 3.63) is 64.4 Å². The number of amides is 2. The molecule has 1 N–H and O–H groups in total. The zero-order valence-electron chi connectivity index (χ0n) is 14.6. The van der Waals surface area contributed by atoms with Gasteiger partial charge in [-0.3, -0.25) is 9.59 Å². The summed E-state index contributed by atoms with van der Waals surface area (Å²) < 4.78 is 0. The van der Waals surface area contributed by atoms with Crippen LogP contribution in [0.4, 0.5) is 0 Å². The first-order valence-electron chi connectivity index (χ1n) is 8.51. The number of rotatable bonds is 4. The molecule has 6 nitrogen and oxygen atoms in total. The molecule has 2 aromatic rings. The highest BCUT2D eigenvalue weighted by molar-refractivity contribution is 6.31. The Morgan fingerprint density at radius 3 is 2.46 bits per heavy atom. The standard InChI is InChI=1S/C19H21ClN4O2/c1-23-9-11-24(12-10-23)19(26)17-8-4-7-16(22-17)18(25)21-13-14-5-2-3-6-15(14)20/h2-8H,9-13H2,1H3,(H,21,25). The molecule has 1 aliphatic heterocycles. The van der Waals surface area contributed by atoms with Crippen LogP contribution >= 0.6 is 11.6 Å². The van der Waals surface area contributed by atoms with Gasteiger partial charge in [0.05, 0.1) is 0 Å². The van der Waals surface area contributed by atoms with Gasteiger partial charge in [-0.25, -0.2) is 4.98 Å². The van der Waals surface area contributed by atoms with E-state index in [-0.39, 0.29) is 17.5 Å². The van der Waals surface area contributed by atoms with Gasteiger partial charge in [0.15, 0.2) is 0 Å². The molecule has 0 radical (unpaired) electrons. The third-order valence-corrected chi connectivity index (χ3v) is 4.76. The molecule has 0 atom stereocenters. The number of piperazine rings is 1. The van der Waals surface area contributed by atoms with Gasteiger partial charge in [-0.1, -0.05) is 35.9 Å². The third kappa shape index (κ3) is 4.39. The average Bonchev–Trinajstić information content (AvgIpc) is 2.67. The number of pyridine rings is 1. The molecular weight excluding hydrogens is 352 g/mol. The van der Waals surface area contributed by atoms with Crippen LogP contribution in [0.5, 0.6) is 0 Å². The second-order valence-electron chi connectivity index (χ2n) is 6.28. The number of hydrogen-bond donors (Lipinski definition) is 1. The molecule has 3 rings (SSSR count). The summed E-state index contributed by atoms with van der Waals surface area (Å²) in [5.74, 6) is -0.475. The first-order valence-corrected chi connectivity index (χ1v) is 8.89. The molecule has 0 bridgehead atoms. The Morgan fingerprint density at radius 1 is 1.04 bits per heavy atom. The number of aromatic nitrogens is 1. The fraction of sp³-hybridized carbons (Fsp3) is 0.316. The van der Waals surface area contributed by atoms with Crippen LogP contribution < -0.4 is 5.32 Å². The van der Waals surface area contributed by atoms with Crippen molar-refractivity contribution in [2.24, 2.45) is 0 Å². The topological polar surface area (TPSA) is 65.5 Å². The van der Waals surface area contributed by atoms with E-state index < -0.39 is 0 Å². The molecule has 2 heterocycles. The van der Waals surface area contributed by atoms with Crippen LogP contribution in [0.25, 0.3) is 0 Å². The van der Waals surface area contributed by atoms with Crippen LogP contribution in [0.3, 0.4) is 0 Å². The number of hydrogen-bond acceptors (Lipinski definition) is 4. The number of halogens is 1. The number of nitrogens with zero attached hydrogens (tertiary/aromatic N) is 3. The van der Waals surface area contributed by atoms with Gasteiger partial charge in [0.1, 0.15) is 11.4 Å². The van der Waals surface area contributed by atoms with Gasteiger partial charge in [-0.05, 0) is 30.8 Å². The summed E-state index contributed by atoms with van der Waals surface area (Å²) in [4.78, 5) is 33.2. The molecule has 7 heteroatoms. The number of nitrogens with one attached hydrogen (secondary N) is 1. The minimum atomic E-state index is -0.335. The summed E-state index contributed by atoms with van der Waals surface area (Å²) in [6.45, 7) is 3.31. The second kappa shape index (κ2) is 8.29. The quantitative estimate of drug-likeness (QED) is 0.892. The van der Waals surface area contributed by atoms with Gasteiger partial charge in [0.25, 0.3) is 11.8 Å². The lowest BCUT2D eigenvalue weighted by molar-refractivity contribution is 0.0658. The smallest absolute Gasteiger partial charge is 0.272 e. The molecule has 1 saturated heterocycles. The normalized spacial score (nSPS) is 14.9. The van der Waals surface area contributed by atoms with Crippen molar-refractivity contribution in [1.29, 1.82) is 0 Å². The van der Waals surface area contributed by atoms with Crippen molar-refractivity contribution in [3.8, 4) is 0 Å². The van der Waals surface area contributed by atoms with Gasteiger partial charge in [0, 0.05) is 37.7 Å². The highest BCUT2D eigenvalue weighted by Crippen LogP contribution is 2.14. The van der Waals surface area contributed by atoms with Gasteiger partial charge in [-0.2, -0.15) is 0 Å². The summed E-state index contributed by atoms with van der Waals surface area (Å²) in [5.41, 5.74) is 1.34. The first kappa shape index (κ1) is 18.4. The fourth-order valence-electron chi connectivity index (χ4n) is 2.76. The lowest BCUT2D eigenvalue weighted by atomic mass is 10.2. The number of carbonyl (C=O) groups excluding carboxylic acids is 2. The molecule has 0 unspecified atom stereocenters. The van der Waals surface area contributed by atoms with E-state index in [1.807, 2.05) is 25.2 Å². The Bertz CT molecular complexity index is 804. The molecule has 0 aliphatic carbocycles. The molecule has 2 amide bonds. The largest absolute Gasteiger partial charge is 0.347 e. The summed E-state index contributed by atoms with van der Waals surface area (Å²) >= 11 is 6.10. The van der Waals surface area contributed by atoms with Crippen LogP contribution in [0.1, 0.15) is 26.5 Å². The highest BCUT2D eigenvalue weighted by Gasteiger charge is 2.22. The van der Waals surface area contributed by atoms with Crippen molar-refractivity contribution in [1.82, 2.24) is 20.1 Å². The van der Waals surface area contributed by atoms with Crippen LogP contribution in [-0.2, 0) is 6.54 Å². The lowest BCUT2D eigenvalue weighted by Crippen LogP contribution is -2.47. The fourth-order valence-corrected chi connectivity index (χ4v) is 2.96. The molecule has 1 aromatic heterocycles. The van der Waals surface area contributed by atoms with Crippen molar-refractivity contribution in [2.75, 3.05) is 33.2 Å². The Balaban J connectivity index is 1.65. The van der Waals surface area contributed by atoms with E-state index in [9.17, 15) is 9.59 Å². The molecule has 0 spiro atoms. The van der Waals surface area contributed by atoms with E-state index in [1.54, 1.807) is 29.2 Å². The van der Waals surface area contributed by atoms with E-state index in [4.69, 9.17) is 11.6 Å². The predicted octanol–water partition coefficient (Wildman–Crippen LogP) is 2.05. The Kier molecular flexibility index (Phi) is 5.85. The zero-order chi connectivity index (χ0) is 18.5. The van der Waals surface area contributed by atoms with Crippen molar-refractivity contribution in [2.45, 2.75) is 6.54 Å². The van der Waals surface area contributed by atoms with Crippen LogP contribution in [0.2, 0.25) is 5.02 Å². The number of likely N-dealkylation sites (N-methyl/N-ethyl adjacent to an activating group) is 1. The Hall–Kier alpha value is -2.44. The second-order valence-corrected chi connectivity index (χ2v) is 6.68. The average molecular weight is 373 g/mol. The van der Waals surface area contributed by atoms with E-state index in [0.717, 1.165) is 18.7 Å². The third-order valence-electron chi connectivity index (χ3n) is 4.39. The maximum absolute atomic E-state index is 12.6. The summed E-state index contributed by atoms with van der Waals surface area (Å²) in [6.07, 6.45) is 0. The highest BCUT2D eigenvalue weighted by atomic mass is 35.5. The van der Waals surface area contributed by atoms with Crippen LogP contribution in [0.15, 0.2) is 42.5 Å². The molecule has 0 saturated carbocycles. The first-order chi connectivity index (χ1) is 12.5. The van der Waals surface area contributed by atoms with Gasteiger partial charge < -0.3 is 15.1 Å². The zero-order valence-corrected chi connectivity index (χ0v) is 15.4. The molecule has 1 fully saturated rings. The minimum absolute atomic E-state index is 0.140. The summed E-state index contributed by atoms with van der Waals surface area (Å²) in [5, 5.41) is 3.39. The van der Waals surface area contributed by atoms with E-state index in [2.05, 4.69) is 15.2 Å². The number of carbonyl (C=O) groups is 2. The van der Waals surface area contributed by atoms with E-state index >= 15 is 0 Å².